The molecule has 4 heteroatoms. The van der Waals surface area contributed by atoms with E-state index >= 15 is 0 Å². The van der Waals surface area contributed by atoms with Gasteiger partial charge in [-0.25, -0.2) is 4.68 Å². The summed E-state index contributed by atoms with van der Waals surface area (Å²) in [5.74, 6) is 1.55. The van der Waals surface area contributed by atoms with Crippen molar-refractivity contribution in [2.45, 2.75) is 32.2 Å². The summed E-state index contributed by atoms with van der Waals surface area (Å²) in [4.78, 5) is 0. The van der Waals surface area contributed by atoms with E-state index in [2.05, 4.69) is 11.2 Å². The molecule has 1 aliphatic rings. The quantitative estimate of drug-likeness (QED) is 0.895. The first-order valence-corrected chi connectivity index (χ1v) is 6.84. The number of ether oxygens (including phenoxy) is 1. The van der Waals surface area contributed by atoms with Crippen LogP contribution in [0.3, 0.4) is 0 Å². The minimum atomic E-state index is 0.490. The maximum atomic E-state index is 5.70. The fraction of sp³-hybridized carbons (Fsp3) is 0.400. The highest BCUT2D eigenvalue weighted by molar-refractivity contribution is 5.39. The van der Waals surface area contributed by atoms with E-state index in [0.717, 1.165) is 17.1 Å². The van der Waals surface area contributed by atoms with Crippen molar-refractivity contribution < 1.29 is 4.74 Å². The van der Waals surface area contributed by atoms with Gasteiger partial charge in [0.05, 0.1) is 18.0 Å². The van der Waals surface area contributed by atoms with Crippen LogP contribution in [0.1, 0.15) is 37.1 Å². The second-order valence-electron chi connectivity index (χ2n) is 4.88. The average Bonchev–Trinajstić information content (AvgIpc) is 3.20. The number of hydrogen-bond donors (Lipinski definition) is 1. The molecular formula is C15H19N3O. The molecule has 0 unspecified atom stereocenters. The lowest BCUT2D eigenvalue weighted by atomic mass is 10.2. The number of rotatable bonds is 5. The van der Waals surface area contributed by atoms with Crippen LogP contribution in [0.15, 0.2) is 30.3 Å². The topological polar surface area (TPSA) is 53.1 Å². The van der Waals surface area contributed by atoms with Gasteiger partial charge in [0.2, 0.25) is 0 Å². The molecule has 0 bridgehead atoms. The molecule has 0 saturated heterocycles. The van der Waals surface area contributed by atoms with Gasteiger partial charge in [-0.1, -0.05) is 0 Å². The molecule has 1 fully saturated rings. The number of nitrogens with two attached hydrogens (primary N) is 1. The summed E-state index contributed by atoms with van der Waals surface area (Å²) in [6, 6.07) is 10.2. The second kappa shape index (κ2) is 5.05. The molecule has 2 aromatic rings. The highest BCUT2D eigenvalue weighted by Crippen LogP contribution is 2.41. The summed E-state index contributed by atoms with van der Waals surface area (Å²) in [5, 5.41) is 4.59. The minimum Gasteiger partial charge on any atom is -0.494 e. The van der Waals surface area contributed by atoms with Gasteiger partial charge in [-0.15, -0.1) is 0 Å². The van der Waals surface area contributed by atoms with Gasteiger partial charge >= 0.3 is 0 Å². The minimum absolute atomic E-state index is 0.490. The lowest BCUT2D eigenvalue weighted by Gasteiger charge is -2.08. The van der Waals surface area contributed by atoms with Gasteiger partial charge in [-0.2, -0.15) is 5.10 Å². The second-order valence-corrected chi connectivity index (χ2v) is 4.88. The predicted molar refractivity (Wildman–Crippen MR) is 74.6 cm³/mol. The van der Waals surface area contributed by atoms with Crippen molar-refractivity contribution in [2.75, 3.05) is 6.61 Å². The smallest absolute Gasteiger partial charge is 0.119 e. The van der Waals surface area contributed by atoms with Crippen molar-refractivity contribution in [3.8, 4) is 11.4 Å². The van der Waals surface area contributed by atoms with E-state index < -0.39 is 0 Å². The first-order valence-electron chi connectivity index (χ1n) is 6.84. The SMILES string of the molecule is CCOc1ccc(-n2nc(CN)cc2C2CC2)cc1. The van der Waals surface area contributed by atoms with E-state index in [1.165, 1.54) is 18.5 Å². The summed E-state index contributed by atoms with van der Waals surface area (Å²) in [5.41, 5.74) is 9.01. The van der Waals surface area contributed by atoms with Crippen LogP contribution in [0, 0.1) is 0 Å². The molecule has 0 aliphatic heterocycles. The third-order valence-corrected chi connectivity index (χ3v) is 3.38. The van der Waals surface area contributed by atoms with Gasteiger partial charge in [-0.3, -0.25) is 0 Å². The van der Waals surface area contributed by atoms with Crippen molar-refractivity contribution in [2.24, 2.45) is 5.73 Å². The van der Waals surface area contributed by atoms with Crippen LogP contribution in [0.25, 0.3) is 5.69 Å². The fourth-order valence-electron chi connectivity index (χ4n) is 2.27. The highest BCUT2D eigenvalue weighted by atomic mass is 16.5. The number of nitrogens with zero attached hydrogens (tertiary/aromatic N) is 2. The summed E-state index contributed by atoms with van der Waals surface area (Å²) < 4.78 is 7.49. The van der Waals surface area contributed by atoms with Gasteiger partial charge in [0.15, 0.2) is 0 Å². The molecule has 1 aromatic heterocycles. The van der Waals surface area contributed by atoms with Crippen LogP contribution in [-0.4, -0.2) is 16.4 Å². The van der Waals surface area contributed by atoms with Crippen LogP contribution in [0.2, 0.25) is 0 Å². The molecule has 19 heavy (non-hydrogen) atoms. The molecule has 0 radical (unpaired) electrons. The number of hydrogen-bond acceptors (Lipinski definition) is 3. The Bertz CT molecular complexity index is 555. The van der Waals surface area contributed by atoms with Crippen LogP contribution in [0.4, 0.5) is 0 Å². The van der Waals surface area contributed by atoms with Crippen LogP contribution in [0.5, 0.6) is 5.75 Å². The summed E-state index contributed by atoms with van der Waals surface area (Å²) in [7, 11) is 0. The van der Waals surface area contributed by atoms with Crippen molar-refractivity contribution in [3.63, 3.8) is 0 Å². The van der Waals surface area contributed by atoms with Crippen molar-refractivity contribution in [1.82, 2.24) is 9.78 Å². The Hall–Kier alpha value is -1.81. The lowest BCUT2D eigenvalue weighted by molar-refractivity contribution is 0.340. The van der Waals surface area contributed by atoms with Crippen LogP contribution >= 0.6 is 0 Å². The molecule has 100 valence electrons. The lowest BCUT2D eigenvalue weighted by Crippen LogP contribution is -2.03. The Labute approximate surface area is 113 Å². The Morgan fingerprint density at radius 2 is 2.05 bits per heavy atom. The molecular weight excluding hydrogens is 238 g/mol. The Balaban J connectivity index is 1.93. The molecule has 0 atom stereocenters. The van der Waals surface area contributed by atoms with Gasteiger partial charge < -0.3 is 10.5 Å². The summed E-state index contributed by atoms with van der Waals surface area (Å²) >= 11 is 0. The molecule has 0 amide bonds. The summed E-state index contributed by atoms with van der Waals surface area (Å²) in [6.07, 6.45) is 2.51. The standard InChI is InChI=1S/C15H19N3O/c1-2-19-14-7-5-13(6-8-14)18-15(11-3-4-11)9-12(10-16)17-18/h5-9,11H,2-4,10,16H2,1H3. The Morgan fingerprint density at radius 3 is 2.63 bits per heavy atom. The molecule has 1 aromatic carbocycles. The third-order valence-electron chi connectivity index (χ3n) is 3.38. The van der Waals surface area contributed by atoms with Gasteiger partial charge in [0.1, 0.15) is 5.75 Å². The maximum Gasteiger partial charge on any atom is 0.119 e. The van der Waals surface area contributed by atoms with Crippen molar-refractivity contribution >= 4 is 0 Å². The molecule has 4 nitrogen and oxygen atoms in total. The van der Waals surface area contributed by atoms with Crippen LogP contribution < -0.4 is 10.5 Å². The van der Waals surface area contributed by atoms with Gasteiger partial charge in [-0.05, 0) is 50.1 Å². The van der Waals surface area contributed by atoms with Crippen molar-refractivity contribution in [1.29, 1.82) is 0 Å². The molecule has 1 saturated carbocycles. The molecule has 2 N–H and O–H groups in total. The molecule has 0 spiro atoms. The highest BCUT2D eigenvalue weighted by Gasteiger charge is 2.28. The molecule has 3 rings (SSSR count). The summed E-state index contributed by atoms with van der Waals surface area (Å²) in [6.45, 7) is 3.16. The van der Waals surface area contributed by atoms with E-state index in [1.807, 2.05) is 35.9 Å². The largest absolute Gasteiger partial charge is 0.494 e. The predicted octanol–water partition coefficient (Wildman–Crippen LogP) is 2.61. The molecule has 1 aliphatic carbocycles. The number of benzene rings is 1. The fourth-order valence-corrected chi connectivity index (χ4v) is 2.27. The average molecular weight is 257 g/mol. The first-order chi connectivity index (χ1) is 9.31. The number of aromatic nitrogens is 2. The zero-order valence-corrected chi connectivity index (χ0v) is 11.2. The van der Waals surface area contributed by atoms with Gasteiger partial charge in [0, 0.05) is 18.2 Å². The van der Waals surface area contributed by atoms with E-state index in [0.29, 0.717) is 19.1 Å². The van der Waals surface area contributed by atoms with E-state index in [9.17, 15) is 0 Å². The Kier molecular flexibility index (Phi) is 3.25. The van der Waals surface area contributed by atoms with E-state index in [1.54, 1.807) is 0 Å². The zero-order valence-electron chi connectivity index (χ0n) is 11.2. The van der Waals surface area contributed by atoms with Crippen molar-refractivity contribution in [3.05, 3.63) is 41.7 Å². The zero-order chi connectivity index (χ0) is 13.2. The monoisotopic (exact) mass is 257 g/mol. The van der Waals surface area contributed by atoms with E-state index in [-0.39, 0.29) is 0 Å². The Morgan fingerprint density at radius 1 is 1.32 bits per heavy atom. The van der Waals surface area contributed by atoms with Gasteiger partial charge in [0.25, 0.3) is 0 Å². The van der Waals surface area contributed by atoms with Crippen LogP contribution in [-0.2, 0) is 6.54 Å². The molecule has 1 heterocycles. The normalized spacial score (nSPS) is 14.6. The maximum absolute atomic E-state index is 5.70. The van der Waals surface area contributed by atoms with E-state index in [4.69, 9.17) is 10.5 Å². The third kappa shape index (κ3) is 2.49. The first kappa shape index (κ1) is 12.2.